The summed E-state index contributed by atoms with van der Waals surface area (Å²) in [6.07, 6.45) is 0.830. The molecule has 1 atom stereocenters. The SMILES string of the molecule is NC(CCOc1ccc(Br)cc1)c1cccs1. The van der Waals surface area contributed by atoms with Crippen LogP contribution >= 0.6 is 27.3 Å². The molecule has 0 spiro atoms. The van der Waals surface area contributed by atoms with E-state index in [1.54, 1.807) is 11.3 Å². The average molecular weight is 312 g/mol. The van der Waals surface area contributed by atoms with Crippen molar-refractivity contribution in [3.63, 3.8) is 0 Å². The molecule has 0 saturated heterocycles. The van der Waals surface area contributed by atoms with E-state index < -0.39 is 0 Å². The van der Waals surface area contributed by atoms with Crippen molar-refractivity contribution in [1.29, 1.82) is 0 Å². The molecule has 4 heteroatoms. The van der Waals surface area contributed by atoms with E-state index in [0.29, 0.717) is 6.61 Å². The third kappa shape index (κ3) is 3.84. The summed E-state index contributed by atoms with van der Waals surface area (Å²) in [5, 5.41) is 2.05. The Balaban J connectivity index is 1.78. The number of hydrogen-bond acceptors (Lipinski definition) is 3. The van der Waals surface area contributed by atoms with Crippen LogP contribution in [0.25, 0.3) is 0 Å². The van der Waals surface area contributed by atoms with Crippen molar-refractivity contribution in [2.75, 3.05) is 6.61 Å². The number of hydrogen-bond donors (Lipinski definition) is 1. The molecule has 0 aliphatic rings. The Bertz CT molecular complexity index is 441. The third-order valence-corrected chi connectivity index (χ3v) is 3.95. The van der Waals surface area contributed by atoms with Crippen LogP contribution in [0.2, 0.25) is 0 Å². The van der Waals surface area contributed by atoms with Gasteiger partial charge in [-0.2, -0.15) is 0 Å². The molecule has 2 rings (SSSR count). The van der Waals surface area contributed by atoms with Gasteiger partial charge in [-0.1, -0.05) is 22.0 Å². The second kappa shape index (κ2) is 6.19. The van der Waals surface area contributed by atoms with Gasteiger partial charge in [0.1, 0.15) is 5.75 Å². The van der Waals surface area contributed by atoms with Gasteiger partial charge >= 0.3 is 0 Å². The van der Waals surface area contributed by atoms with Crippen molar-refractivity contribution in [3.8, 4) is 5.75 Å². The molecule has 0 aliphatic heterocycles. The van der Waals surface area contributed by atoms with Gasteiger partial charge in [-0.25, -0.2) is 0 Å². The Kier molecular flexibility index (Phi) is 4.59. The van der Waals surface area contributed by atoms with Crippen LogP contribution in [0.1, 0.15) is 17.3 Å². The molecule has 0 aliphatic carbocycles. The number of benzene rings is 1. The van der Waals surface area contributed by atoms with Crippen molar-refractivity contribution in [2.45, 2.75) is 12.5 Å². The van der Waals surface area contributed by atoms with Gasteiger partial charge in [-0.3, -0.25) is 0 Å². The van der Waals surface area contributed by atoms with E-state index in [1.165, 1.54) is 4.88 Å². The van der Waals surface area contributed by atoms with Gasteiger partial charge in [0.2, 0.25) is 0 Å². The summed E-state index contributed by atoms with van der Waals surface area (Å²) in [5.41, 5.74) is 6.05. The van der Waals surface area contributed by atoms with Crippen LogP contribution < -0.4 is 10.5 Å². The van der Waals surface area contributed by atoms with Crippen molar-refractivity contribution < 1.29 is 4.74 Å². The van der Waals surface area contributed by atoms with Gasteiger partial charge in [-0.05, 0) is 35.7 Å². The first-order chi connectivity index (χ1) is 8.25. The zero-order valence-electron chi connectivity index (χ0n) is 9.30. The molecule has 2 aromatic rings. The lowest BCUT2D eigenvalue weighted by molar-refractivity contribution is 0.299. The molecule has 0 saturated carbocycles. The zero-order chi connectivity index (χ0) is 12.1. The minimum Gasteiger partial charge on any atom is -0.494 e. The predicted molar refractivity (Wildman–Crippen MR) is 75.5 cm³/mol. The van der Waals surface area contributed by atoms with Gasteiger partial charge < -0.3 is 10.5 Å². The van der Waals surface area contributed by atoms with Gasteiger partial charge in [0.05, 0.1) is 6.61 Å². The fourth-order valence-electron chi connectivity index (χ4n) is 1.48. The Morgan fingerprint density at radius 2 is 2.00 bits per heavy atom. The normalized spacial score (nSPS) is 12.4. The highest BCUT2D eigenvalue weighted by atomic mass is 79.9. The number of thiophene rings is 1. The van der Waals surface area contributed by atoms with Crippen LogP contribution in [-0.2, 0) is 0 Å². The molecule has 17 heavy (non-hydrogen) atoms. The maximum Gasteiger partial charge on any atom is 0.119 e. The molecule has 1 aromatic carbocycles. The average Bonchev–Trinajstić information content (AvgIpc) is 2.85. The second-order valence-electron chi connectivity index (χ2n) is 3.71. The maximum absolute atomic E-state index is 6.05. The van der Waals surface area contributed by atoms with Gasteiger partial charge in [0, 0.05) is 21.8 Å². The topological polar surface area (TPSA) is 35.2 Å². The van der Waals surface area contributed by atoms with Crippen LogP contribution in [0, 0.1) is 0 Å². The smallest absolute Gasteiger partial charge is 0.119 e. The zero-order valence-corrected chi connectivity index (χ0v) is 11.7. The lowest BCUT2D eigenvalue weighted by Crippen LogP contribution is -2.12. The third-order valence-electron chi connectivity index (χ3n) is 2.42. The molecule has 0 radical (unpaired) electrons. The van der Waals surface area contributed by atoms with Crippen LogP contribution in [0.15, 0.2) is 46.3 Å². The lowest BCUT2D eigenvalue weighted by atomic mass is 10.2. The monoisotopic (exact) mass is 311 g/mol. The molecule has 90 valence electrons. The van der Waals surface area contributed by atoms with E-state index in [9.17, 15) is 0 Å². The van der Waals surface area contributed by atoms with Crippen molar-refractivity contribution in [1.82, 2.24) is 0 Å². The molecule has 0 amide bonds. The number of ether oxygens (including phenoxy) is 1. The lowest BCUT2D eigenvalue weighted by Gasteiger charge is -2.10. The molecular formula is C13H14BrNOS. The van der Waals surface area contributed by atoms with E-state index in [2.05, 4.69) is 22.0 Å². The van der Waals surface area contributed by atoms with E-state index in [1.807, 2.05) is 35.7 Å². The largest absolute Gasteiger partial charge is 0.494 e. The number of rotatable bonds is 5. The minimum atomic E-state index is 0.0745. The first kappa shape index (κ1) is 12.6. The quantitative estimate of drug-likeness (QED) is 0.906. The molecule has 1 heterocycles. The molecule has 1 aromatic heterocycles. The van der Waals surface area contributed by atoms with Crippen molar-refractivity contribution in [3.05, 3.63) is 51.1 Å². The molecule has 2 nitrogen and oxygen atoms in total. The first-order valence-electron chi connectivity index (χ1n) is 5.43. The van der Waals surface area contributed by atoms with Gasteiger partial charge in [-0.15, -0.1) is 11.3 Å². The highest BCUT2D eigenvalue weighted by Crippen LogP contribution is 2.20. The molecule has 0 fully saturated rings. The summed E-state index contributed by atoms with van der Waals surface area (Å²) in [7, 11) is 0. The van der Waals surface area contributed by atoms with Crippen LogP contribution in [-0.4, -0.2) is 6.61 Å². The fraction of sp³-hybridized carbons (Fsp3) is 0.231. The Morgan fingerprint density at radius 3 is 2.65 bits per heavy atom. The van der Waals surface area contributed by atoms with E-state index in [0.717, 1.165) is 16.6 Å². The van der Waals surface area contributed by atoms with Gasteiger partial charge in [0.25, 0.3) is 0 Å². The minimum absolute atomic E-state index is 0.0745. The summed E-state index contributed by atoms with van der Waals surface area (Å²) in [6.45, 7) is 0.640. The molecular weight excluding hydrogens is 298 g/mol. The van der Waals surface area contributed by atoms with Gasteiger partial charge in [0.15, 0.2) is 0 Å². The molecule has 1 unspecified atom stereocenters. The first-order valence-corrected chi connectivity index (χ1v) is 7.10. The summed E-state index contributed by atoms with van der Waals surface area (Å²) in [4.78, 5) is 1.21. The van der Waals surface area contributed by atoms with E-state index in [4.69, 9.17) is 10.5 Å². The number of halogens is 1. The molecule has 0 bridgehead atoms. The van der Waals surface area contributed by atoms with Crippen molar-refractivity contribution >= 4 is 27.3 Å². The van der Waals surface area contributed by atoms with E-state index in [-0.39, 0.29) is 6.04 Å². The summed E-state index contributed by atoms with van der Waals surface area (Å²) in [6, 6.07) is 12.0. The molecule has 2 N–H and O–H groups in total. The Hall–Kier alpha value is -0.840. The Morgan fingerprint density at radius 1 is 1.24 bits per heavy atom. The summed E-state index contributed by atoms with van der Waals surface area (Å²) < 4.78 is 6.69. The van der Waals surface area contributed by atoms with Crippen LogP contribution in [0.4, 0.5) is 0 Å². The highest BCUT2D eigenvalue weighted by Gasteiger charge is 2.06. The van der Waals surface area contributed by atoms with E-state index >= 15 is 0 Å². The fourth-order valence-corrected chi connectivity index (χ4v) is 2.51. The van der Waals surface area contributed by atoms with Crippen LogP contribution in [0.5, 0.6) is 5.75 Å². The summed E-state index contributed by atoms with van der Waals surface area (Å²) >= 11 is 5.08. The standard InChI is InChI=1S/C13H14BrNOS/c14-10-3-5-11(6-4-10)16-8-7-12(15)13-2-1-9-17-13/h1-6,9,12H,7-8,15H2. The van der Waals surface area contributed by atoms with Crippen LogP contribution in [0.3, 0.4) is 0 Å². The van der Waals surface area contributed by atoms with Crippen molar-refractivity contribution in [2.24, 2.45) is 5.73 Å². The summed E-state index contributed by atoms with van der Waals surface area (Å²) in [5.74, 6) is 0.881. The maximum atomic E-state index is 6.05. The number of nitrogens with two attached hydrogens (primary N) is 1. The predicted octanol–water partition coefficient (Wildman–Crippen LogP) is 3.98. The highest BCUT2D eigenvalue weighted by molar-refractivity contribution is 9.10. The Labute approximate surface area is 114 Å². The second-order valence-corrected chi connectivity index (χ2v) is 5.61.